The normalized spacial score (nSPS) is 14.3. The maximum atomic E-state index is 12.1. The highest BCUT2D eigenvalue weighted by Crippen LogP contribution is 2.17. The molecule has 1 aliphatic heterocycles. The topological polar surface area (TPSA) is 101 Å². The maximum Gasteiger partial charge on any atom is 0.291 e. The highest BCUT2D eigenvalue weighted by molar-refractivity contribution is 5.90. The number of amides is 1. The predicted molar refractivity (Wildman–Crippen MR) is 63.5 cm³/mol. The van der Waals surface area contributed by atoms with Gasteiger partial charge < -0.3 is 10.6 Å². The molecule has 0 unspecified atom stereocenters. The first-order valence-electron chi connectivity index (χ1n) is 5.64. The van der Waals surface area contributed by atoms with Crippen LogP contribution in [-0.2, 0) is 13.0 Å². The van der Waals surface area contributed by atoms with Crippen LogP contribution in [0.5, 0.6) is 0 Å². The third-order valence-electron chi connectivity index (χ3n) is 2.96. The van der Waals surface area contributed by atoms with Gasteiger partial charge in [0.25, 0.3) is 5.91 Å². The number of fused-ring (bicyclic) bond motifs is 1. The van der Waals surface area contributed by atoms with E-state index in [1.54, 1.807) is 11.1 Å². The van der Waals surface area contributed by atoms with E-state index in [1.807, 2.05) is 12.1 Å². The number of nitrogens with two attached hydrogens (primary N) is 1. The molecule has 0 aromatic carbocycles. The fourth-order valence-electron chi connectivity index (χ4n) is 2.06. The van der Waals surface area contributed by atoms with E-state index in [9.17, 15) is 4.79 Å². The van der Waals surface area contributed by atoms with Gasteiger partial charge in [-0.15, -0.1) is 5.10 Å². The fourth-order valence-corrected chi connectivity index (χ4v) is 2.06. The van der Waals surface area contributed by atoms with Crippen LogP contribution in [0.2, 0.25) is 0 Å². The van der Waals surface area contributed by atoms with Crippen molar-refractivity contribution in [2.24, 2.45) is 0 Å². The number of nitrogens with zero attached hydrogens (tertiary/aromatic N) is 4. The van der Waals surface area contributed by atoms with Crippen molar-refractivity contribution in [2.75, 3.05) is 12.3 Å². The molecule has 7 heteroatoms. The van der Waals surface area contributed by atoms with Gasteiger partial charge in [0.15, 0.2) is 0 Å². The van der Waals surface area contributed by atoms with Crippen molar-refractivity contribution in [3.05, 3.63) is 35.4 Å². The molecule has 2 aromatic heterocycles. The molecule has 0 spiro atoms. The second-order valence-corrected chi connectivity index (χ2v) is 4.13. The quantitative estimate of drug-likeness (QED) is 0.734. The SMILES string of the molecule is Nc1n[nH]c(C(=O)N2CCc3ncccc3C2)n1. The third kappa shape index (κ3) is 1.79. The molecule has 0 atom stereocenters. The van der Waals surface area contributed by atoms with Crippen molar-refractivity contribution >= 4 is 11.9 Å². The Kier molecular flexibility index (Phi) is 2.44. The second-order valence-electron chi connectivity index (χ2n) is 4.13. The highest BCUT2D eigenvalue weighted by Gasteiger charge is 2.24. The zero-order valence-electron chi connectivity index (χ0n) is 9.63. The molecule has 0 aliphatic carbocycles. The summed E-state index contributed by atoms with van der Waals surface area (Å²) in [6, 6.07) is 3.86. The van der Waals surface area contributed by atoms with Crippen molar-refractivity contribution in [3.8, 4) is 0 Å². The standard InChI is InChI=1S/C11H12N6O/c12-11-14-9(15-16-11)10(18)17-5-3-8-7(6-17)2-1-4-13-8/h1-2,4H,3,5-6H2,(H3,12,14,15,16). The summed E-state index contributed by atoms with van der Waals surface area (Å²) in [5.41, 5.74) is 7.52. The summed E-state index contributed by atoms with van der Waals surface area (Å²) in [4.78, 5) is 22.0. The van der Waals surface area contributed by atoms with E-state index in [-0.39, 0.29) is 17.7 Å². The summed E-state index contributed by atoms with van der Waals surface area (Å²) in [7, 11) is 0. The Morgan fingerprint density at radius 2 is 2.39 bits per heavy atom. The third-order valence-corrected chi connectivity index (χ3v) is 2.96. The summed E-state index contributed by atoms with van der Waals surface area (Å²) in [5.74, 6) is 0.0750. The van der Waals surface area contributed by atoms with E-state index >= 15 is 0 Å². The number of H-pyrrole nitrogens is 1. The van der Waals surface area contributed by atoms with Crippen molar-refractivity contribution in [3.63, 3.8) is 0 Å². The number of hydrogen-bond donors (Lipinski definition) is 2. The van der Waals surface area contributed by atoms with E-state index in [0.717, 1.165) is 17.7 Å². The molecule has 0 bridgehead atoms. The van der Waals surface area contributed by atoms with Gasteiger partial charge in [0.05, 0.1) is 0 Å². The molecule has 0 radical (unpaired) electrons. The van der Waals surface area contributed by atoms with Gasteiger partial charge in [0.2, 0.25) is 11.8 Å². The number of aromatic nitrogens is 4. The van der Waals surface area contributed by atoms with E-state index in [1.165, 1.54) is 0 Å². The number of aromatic amines is 1. The number of hydrogen-bond acceptors (Lipinski definition) is 5. The van der Waals surface area contributed by atoms with Gasteiger partial charge in [0, 0.05) is 31.4 Å². The van der Waals surface area contributed by atoms with Crippen LogP contribution in [0.4, 0.5) is 5.95 Å². The molecule has 3 rings (SSSR count). The Labute approximate surface area is 103 Å². The van der Waals surface area contributed by atoms with Gasteiger partial charge in [-0.25, -0.2) is 0 Å². The van der Waals surface area contributed by atoms with E-state index in [0.29, 0.717) is 13.1 Å². The van der Waals surface area contributed by atoms with E-state index in [2.05, 4.69) is 20.2 Å². The minimum Gasteiger partial charge on any atom is -0.366 e. The monoisotopic (exact) mass is 244 g/mol. The smallest absolute Gasteiger partial charge is 0.291 e. The molecule has 3 N–H and O–H groups in total. The molecular weight excluding hydrogens is 232 g/mol. The first kappa shape index (κ1) is 10.7. The molecule has 2 aromatic rings. The molecule has 1 amide bonds. The molecule has 3 heterocycles. The first-order chi connectivity index (χ1) is 8.74. The van der Waals surface area contributed by atoms with Crippen LogP contribution in [0.25, 0.3) is 0 Å². The fraction of sp³-hybridized carbons (Fsp3) is 0.273. The van der Waals surface area contributed by atoms with Crippen molar-refractivity contribution < 1.29 is 4.79 Å². The average molecular weight is 244 g/mol. The Morgan fingerprint density at radius 3 is 3.17 bits per heavy atom. The molecular formula is C11H12N6O. The lowest BCUT2D eigenvalue weighted by molar-refractivity contribution is 0.0721. The molecule has 0 fully saturated rings. The predicted octanol–water partition coefficient (Wildman–Crippen LogP) is -0.0196. The van der Waals surface area contributed by atoms with Crippen LogP contribution in [-0.4, -0.2) is 37.5 Å². The van der Waals surface area contributed by atoms with Gasteiger partial charge in [-0.3, -0.25) is 14.9 Å². The van der Waals surface area contributed by atoms with Gasteiger partial charge in [-0.1, -0.05) is 6.07 Å². The number of rotatable bonds is 1. The van der Waals surface area contributed by atoms with E-state index < -0.39 is 0 Å². The number of nitrogens with one attached hydrogen (secondary N) is 1. The van der Waals surface area contributed by atoms with Crippen LogP contribution in [0.1, 0.15) is 21.9 Å². The van der Waals surface area contributed by atoms with Crippen molar-refractivity contribution in [1.82, 2.24) is 25.1 Å². The molecule has 1 aliphatic rings. The zero-order chi connectivity index (χ0) is 12.5. The van der Waals surface area contributed by atoms with Gasteiger partial charge in [0.1, 0.15) is 0 Å². The average Bonchev–Trinajstić information content (AvgIpc) is 2.84. The van der Waals surface area contributed by atoms with Gasteiger partial charge in [-0.05, 0) is 11.6 Å². The summed E-state index contributed by atoms with van der Waals surface area (Å²) in [5, 5.41) is 6.19. The van der Waals surface area contributed by atoms with Crippen molar-refractivity contribution in [2.45, 2.75) is 13.0 Å². The Bertz CT molecular complexity index is 593. The summed E-state index contributed by atoms with van der Waals surface area (Å²) < 4.78 is 0. The van der Waals surface area contributed by atoms with Crippen LogP contribution in [0.3, 0.4) is 0 Å². The van der Waals surface area contributed by atoms with Crippen molar-refractivity contribution in [1.29, 1.82) is 0 Å². The molecule has 0 saturated heterocycles. The number of carbonyl (C=O) groups is 1. The lowest BCUT2D eigenvalue weighted by Gasteiger charge is -2.27. The Hall–Kier alpha value is -2.44. The number of anilines is 1. The van der Waals surface area contributed by atoms with E-state index in [4.69, 9.17) is 5.73 Å². The first-order valence-corrected chi connectivity index (χ1v) is 5.64. The molecule has 0 saturated carbocycles. The summed E-state index contributed by atoms with van der Waals surface area (Å²) in [6.45, 7) is 1.17. The minimum atomic E-state index is -0.186. The summed E-state index contributed by atoms with van der Waals surface area (Å²) >= 11 is 0. The minimum absolute atomic E-state index is 0.0810. The highest BCUT2D eigenvalue weighted by atomic mass is 16.2. The molecule has 92 valence electrons. The largest absolute Gasteiger partial charge is 0.366 e. The van der Waals surface area contributed by atoms with Gasteiger partial charge >= 0.3 is 0 Å². The zero-order valence-corrected chi connectivity index (χ0v) is 9.63. The number of nitrogen functional groups attached to an aromatic ring is 1. The number of pyridine rings is 1. The number of carbonyl (C=O) groups excluding carboxylic acids is 1. The Balaban J connectivity index is 1.82. The van der Waals surface area contributed by atoms with Crippen LogP contribution >= 0.6 is 0 Å². The Morgan fingerprint density at radius 1 is 1.50 bits per heavy atom. The van der Waals surface area contributed by atoms with Gasteiger partial charge in [-0.2, -0.15) is 4.98 Å². The summed E-state index contributed by atoms with van der Waals surface area (Å²) in [6.07, 6.45) is 2.53. The van der Waals surface area contributed by atoms with Crippen LogP contribution < -0.4 is 5.73 Å². The lowest BCUT2D eigenvalue weighted by atomic mass is 10.1. The molecule has 18 heavy (non-hydrogen) atoms. The maximum absolute atomic E-state index is 12.1. The second kappa shape index (κ2) is 4.10. The molecule has 7 nitrogen and oxygen atoms in total. The van der Waals surface area contributed by atoms with Crippen LogP contribution in [0.15, 0.2) is 18.3 Å². The van der Waals surface area contributed by atoms with Crippen LogP contribution in [0, 0.1) is 0 Å². The lowest BCUT2D eigenvalue weighted by Crippen LogP contribution is -2.36.